The number of fused-ring (bicyclic) bond motifs is 3. The van der Waals surface area contributed by atoms with Gasteiger partial charge in [-0.05, 0) is 84.9 Å². The van der Waals surface area contributed by atoms with Crippen molar-refractivity contribution in [2.24, 2.45) is 33.5 Å². The van der Waals surface area contributed by atoms with Crippen LogP contribution >= 0.6 is 11.6 Å². The molecule has 0 aromatic heterocycles. The molecular formula is C20H33Cl. The van der Waals surface area contributed by atoms with E-state index in [1.54, 1.807) is 0 Å². The van der Waals surface area contributed by atoms with Crippen molar-refractivity contribution in [1.29, 1.82) is 0 Å². The van der Waals surface area contributed by atoms with E-state index in [1.807, 2.05) is 0 Å². The largest absolute Gasteiger partial charge is 0.122 e. The summed E-state index contributed by atoms with van der Waals surface area (Å²) in [5.41, 5.74) is 2.14. The molecule has 0 radical (unpaired) electrons. The van der Waals surface area contributed by atoms with Gasteiger partial charge in [-0.2, -0.15) is 0 Å². The van der Waals surface area contributed by atoms with Gasteiger partial charge in [0.25, 0.3) is 0 Å². The number of halogens is 1. The summed E-state index contributed by atoms with van der Waals surface area (Å²) in [6.45, 7) is 10.3. The third-order valence-corrected chi connectivity index (χ3v) is 9.79. The second-order valence-corrected chi connectivity index (χ2v) is 10.8. The highest BCUT2D eigenvalue weighted by atomic mass is 35.5. The number of rotatable bonds is 0. The molecule has 6 atom stereocenters. The van der Waals surface area contributed by atoms with E-state index in [9.17, 15) is 0 Å². The summed E-state index contributed by atoms with van der Waals surface area (Å²) in [6, 6.07) is 0. The van der Waals surface area contributed by atoms with Gasteiger partial charge in [-0.3, -0.25) is 0 Å². The van der Waals surface area contributed by atoms with Crippen LogP contribution < -0.4 is 0 Å². The zero-order valence-corrected chi connectivity index (χ0v) is 15.2. The van der Waals surface area contributed by atoms with Gasteiger partial charge in [0.2, 0.25) is 0 Å². The van der Waals surface area contributed by atoms with Crippen LogP contribution in [0.15, 0.2) is 0 Å². The van der Waals surface area contributed by atoms with Gasteiger partial charge < -0.3 is 0 Å². The lowest BCUT2D eigenvalue weighted by Gasteiger charge is -2.72. The fourth-order valence-electron chi connectivity index (χ4n) is 7.85. The molecule has 1 unspecified atom stereocenters. The average Bonchev–Trinajstić information content (AvgIpc) is 2.38. The molecule has 0 heterocycles. The Morgan fingerprint density at radius 2 is 1.62 bits per heavy atom. The Morgan fingerprint density at radius 3 is 2.33 bits per heavy atom. The van der Waals surface area contributed by atoms with Gasteiger partial charge in [-0.1, -0.05) is 34.1 Å². The third kappa shape index (κ3) is 1.69. The maximum Gasteiger partial charge on any atom is 0.0395 e. The molecule has 5 fully saturated rings. The minimum Gasteiger partial charge on any atom is -0.122 e. The molecule has 0 nitrogen and oxygen atoms in total. The predicted octanol–water partition coefficient (Wildman–Crippen LogP) is 6.42. The third-order valence-electron chi connectivity index (χ3n) is 9.11. The zero-order valence-electron chi connectivity index (χ0n) is 14.5. The number of hydrogen-bond acceptors (Lipinski definition) is 0. The summed E-state index contributed by atoms with van der Waals surface area (Å²) in [6.07, 6.45) is 12.9. The first-order chi connectivity index (χ1) is 9.74. The lowest BCUT2D eigenvalue weighted by Crippen LogP contribution is -2.65. The van der Waals surface area contributed by atoms with Gasteiger partial charge in [0.05, 0.1) is 0 Å². The summed E-state index contributed by atoms with van der Waals surface area (Å²) in [5.74, 6) is 1.91. The maximum atomic E-state index is 6.93. The van der Waals surface area contributed by atoms with Gasteiger partial charge in [-0.15, -0.1) is 11.6 Å². The van der Waals surface area contributed by atoms with E-state index in [-0.39, 0.29) is 0 Å². The van der Waals surface area contributed by atoms with Gasteiger partial charge in [0.1, 0.15) is 0 Å². The SMILES string of the molecule is CC1(C)CCC[C@@]2(C)[C@H]1CC[C@H]1C[C@@]3(C)CC[C@]12CC3Cl. The minimum atomic E-state index is 0.433. The van der Waals surface area contributed by atoms with Gasteiger partial charge in [-0.25, -0.2) is 0 Å². The maximum absolute atomic E-state index is 6.93. The van der Waals surface area contributed by atoms with Crippen LogP contribution in [0.25, 0.3) is 0 Å². The van der Waals surface area contributed by atoms with E-state index in [1.165, 1.54) is 57.8 Å². The van der Waals surface area contributed by atoms with Crippen LogP contribution in [0.1, 0.15) is 85.5 Å². The molecule has 0 aliphatic heterocycles. The molecular weight excluding hydrogens is 276 g/mol. The standard InChI is InChI=1S/C20H33Cl/c1-17(2)8-5-9-19(4)15(17)7-6-14-12-18(3)10-11-20(14,19)13-16(18)21/h14-16H,5-13H2,1-4H3/t14-,15-,16?,18+,19-,20-/m0/s1. The van der Waals surface area contributed by atoms with Crippen molar-refractivity contribution in [2.75, 3.05) is 0 Å². The first kappa shape index (κ1) is 14.9. The van der Waals surface area contributed by atoms with E-state index in [2.05, 4.69) is 27.7 Å². The zero-order chi connectivity index (χ0) is 15.1. The Hall–Kier alpha value is 0.290. The second kappa shape index (κ2) is 4.22. The number of hydrogen-bond donors (Lipinski definition) is 0. The quantitative estimate of drug-likeness (QED) is 0.453. The Morgan fingerprint density at radius 1 is 0.857 bits per heavy atom. The molecule has 0 saturated heterocycles. The Kier molecular flexibility index (Phi) is 2.99. The topological polar surface area (TPSA) is 0 Å². The van der Waals surface area contributed by atoms with Crippen LogP contribution in [0.4, 0.5) is 0 Å². The molecule has 1 heteroatoms. The predicted molar refractivity (Wildman–Crippen MR) is 90.6 cm³/mol. The van der Waals surface area contributed by atoms with Crippen LogP contribution in [-0.2, 0) is 0 Å². The van der Waals surface area contributed by atoms with E-state index in [0.29, 0.717) is 27.0 Å². The monoisotopic (exact) mass is 308 g/mol. The second-order valence-electron chi connectivity index (χ2n) is 10.3. The first-order valence-corrected chi connectivity index (χ1v) is 9.81. The highest BCUT2D eigenvalue weighted by molar-refractivity contribution is 6.21. The summed E-state index contributed by atoms with van der Waals surface area (Å²) < 4.78 is 0. The number of alkyl halides is 1. The Labute approximate surface area is 136 Å². The Balaban J connectivity index is 1.79. The molecule has 1 spiro atoms. The van der Waals surface area contributed by atoms with E-state index in [0.717, 1.165) is 11.8 Å². The summed E-state index contributed by atoms with van der Waals surface area (Å²) in [4.78, 5) is 0. The van der Waals surface area contributed by atoms with E-state index in [4.69, 9.17) is 11.6 Å². The highest BCUT2D eigenvalue weighted by Gasteiger charge is 2.68. The molecule has 21 heavy (non-hydrogen) atoms. The molecule has 5 rings (SSSR count). The van der Waals surface area contributed by atoms with Crippen LogP contribution in [0.3, 0.4) is 0 Å². The summed E-state index contributed by atoms with van der Waals surface area (Å²) in [7, 11) is 0. The van der Waals surface area contributed by atoms with Crippen LogP contribution in [-0.4, -0.2) is 5.38 Å². The molecule has 0 aromatic carbocycles. The fourth-order valence-corrected chi connectivity index (χ4v) is 8.32. The van der Waals surface area contributed by atoms with Crippen molar-refractivity contribution in [2.45, 2.75) is 90.9 Å². The molecule has 0 N–H and O–H groups in total. The van der Waals surface area contributed by atoms with Gasteiger partial charge in [0.15, 0.2) is 0 Å². The lowest BCUT2D eigenvalue weighted by molar-refractivity contribution is -0.217. The van der Waals surface area contributed by atoms with E-state index < -0.39 is 0 Å². The molecule has 0 aromatic rings. The summed E-state index contributed by atoms with van der Waals surface area (Å²) >= 11 is 6.93. The normalized spacial score (nSPS) is 58.4. The van der Waals surface area contributed by atoms with Gasteiger partial charge >= 0.3 is 0 Å². The highest BCUT2D eigenvalue weighted by Crippen LogP contribution is 2.75. The minimum absolute atomic E-state index is 0.433. The fraction of sp³-hybridized carbons (Fsp3) is 1.00. The van der Waals surface area contributed by atoms with Crippen molar-refractivity contribution >= 4 is 11.6 Å². The average molecular weight is 309 g/mol. The molecule has 5 saturated carbocycles. The molecule has 5 aliphatic carbocycles. The molecule has 120 valence electrons. The Bertz CT molecular complexity index is 455. The van der Waals surface area contributed by atoms with Crippen LogP contribution in [0.2, 0.25) is 0 Å². The smallest absolute Gasteiger partial charge is 0.0395 e. The molecule has 2 bridgehead atoms. The van der Waals surface area contributed by atoms with Crippen molar-refractivity contribution in [3.8, 4) is 0 Å². The lowest BCUT2D eigenvalue weighted by atomic mass is 9.33. The molecule has 5 aliphatic rings. The van der Waals surface area contributed by atoms with E-state index >= 15 is 0 Å². The van der Waals surface area contributed by atoms with Crippen LogP contribution in [0.5, 0.6) is 0 Å². The van der Waals surface area contributed by atoms with Crippen LogP contribution in [0, 0.1) is 33.5 Å². The summed E-state index contributed by atoms with van der Waals surface area (Å²) in [5, 5.41) is 0.433. The van der Waals surface area contributed by atoms with Crippen molar-refractivity contribution in [3.63, 3.8) is 0 Å². The van der Waals surface area contributed by atoms with Gasteiger partial charge in [0, 0.05) is 5.38 Å². The van der Waals surface area contributed by atoms with Crippen molar-refractivity contribution < 1.29 is 0 Å². The van der Waals surface area contributed by atoms with Crippen molar-refractivity contribution in [3.05, 3.63) is 0 Å². The first-order valence-electron chi connectivity index (χ1n) is 9.38. The molecule has 0 amide bonds. The van der Waals surface area contributed by atoms with Crippen molar-refractivity contribution in [1.82, 2.24) is 0 Å².